The van der Waals surface area contributed by atoms with Gasteiger partial charge in [0.1, 0.15) is 16.7 Å². The van der Waals surface area contributed by atoms with E-state index in [4.69, 9.17) is 10.00 Å². The quantitative estimate of drug-likeness (QED) is 0.853. The minimum absolute atomic E-state index is 0.0754. The molecule has 0 aliphatic rings. The number of ether oxygens (including phenoxy) is 1. The topological polar surface area (TPSA) is 82.3 Å². The average Bonchev–Trinajstić information content (AvgIpc) is 3.01. The summed E-state index contributed by atoms with van der Waals surface area (Å²) in [6.07, 6.45) is -0.734. The highest BCUT2D eigenvalue weighted by molar-refractivity contribution is 7.12. The number of carbonyl (C=O) groups is 1. The Labute approximate surface area is 139 Å². The molecule has 0 radical (unpaired) electrons. The number of amides is 1. The third-order valence-corrected chi connectivity index (χ3v) is 4.00. The maximum absolute atomic E-state index is 12.0. The fourth-order valence-electron chi connectivity index (χ4n) is 2.00. The molecule has 2 aromatic rings. The number of benzene rings is 1. The van der Waals surface area contributed by atoms with E-state index in [0.717, 1.165) is 5.75 Å². The van der Waals surface area contributed by atoms with E-state index in [-0.39, 0.29) is 18.6 Å². The molecule has 0 saturated carbocycles. The van der Waals surface area contributed by atoms with E-state index in [2.05, 4.69) is 5.32 Å². The first kappa shape index (κ1) is 17.0. The van der Waals surface area contributed by atoms with Gasteiger partial charge in [-0.05, 0) is 43.0 Å². The van der Waals surface area contributed by atoms with E-state index in [1.807, 2.05) is 19.9 Å². The van der Waals surface area contributed by atoms with Crippen LogP contribution in [0, 0.1) is 11.3 Å². The van der Waals surface area contributed by atoms with Gasteiger partial charge in [-0.3, -0.25) is 4.79 Å². The van der Waals surface area contributed by atoms with Crippen molar-refractivity contribution in [1.82, 2.24) is 5.32 Å². The van der Waals surface area contributed by atoms with Crippen molar-refractivity contribution in [1.29, 1.82) is 5.26 Å². The first-order valence-corrected chi connectivity index (χ1v) is 8.09. The molecule has 6 heteroatoms. The molecule has 0 fully saturated rings. The monoisotopic (exact) mass is 330 g/mol. The van der Waals surface area contributed by atoms with Crippen LogP contribution in [0.1, 0.15) is 40.8 Å². The van der Waals surface area contributed by atoms with Crippen LogP contribution in [0.15, 0.2) is 35.7 Å². The van der Waals surface area contributed by atoms with Crippen molar-refractivity contribution < 1.29 is 14.6 Å². The van der Waals surface area contributed by atoms with E-state index in [9.17, 15) is 9.90 Å². The molecule has 23 heavy (non-hydrogen) atoms. The molecule has 5 nitrogen and oxygen atoms in total. The van der Waals surface area contributed by atoms with Crippen molar-refractivity contribution in [3.05, 3.63) is 51.7 Å². The molecule has 1 amide bonds. The second-order valence-electron chi connectivity index (χ2n) is 5.24. The summed E-state index contributed by atoms with van der Waals surface area (Å²) < 4.78 is 5.54. The lowest BCUT2D eigenvalue weighted by atomic mass is 10.1. The third kappa shape index (κ3) is 4.55. The molecule has 1 heterocycles. The van der Waals surface area contributed by atoms with Crippen LogP contribution in [0.2, 0.25) is 0 Å². The number of aliphatic hydroxyl groups is 1. The van der Waals surface area contributed by atoms with E-state index < -0.39 is 6.10 Å². The molecule has 1 unspecified atom stereocenters. The van der Waals surface area contributed by atoms with Crippen molar-refractivity contribution in [3.63, 3.8) is 0 Å². The molecular formula is C17H18N2O3S. The Hall–Kier alpha value is -2.36. The largest absolute Gasteiger partial charge is 0.491 e. The van der Waals surface area contributed by atoms with Crippen molar-refractivity contribution in [2.24, 2.45) is 0 Å². The minimum Gasteiger partial charge on any atom is -0.491 e. The number of nitrogens with zero attached hydrogens (tertiary/aromatic N) is 1. The van der Waals surface area contributed by atoms with Gasteiger partial charge in [0.25, 0.3) is 5.91 Å². The zero-order chi connectivity index (χ0) is 16.8. The number of rotatable bonds is 6. The highest BCUT2D eigenvalue weighted by Gasteiger charge is 2.15. The number of hydrogen-bond acceptors (Lipinski definition) is 5. The minimum atomic E-state index is -0.822. The normalized spacial score (nSPS) is 11.8. The van der Waals surface area contributed by atoms with Gasteiger partial charge >= 0.3 is 0 Å². The fraction of sp³-hybridized carbons (Fsp3) is 0.294. The predicted molar refractivity (Wildman–Crippen MR) is 88.5 cm³/mol. The molecule has 2 N–H and O–H groups in total. The first-order valence-electron chi connectivity index (χ1n) is 7.21. The summed E-state index contributed by atoms with van der Waals surface area (Å²) in [6, 6.07) is 10.7. The van der Waals surface area contributed by atoms with E-state index in [1.54, 1.807) is 35.7 Å². The molecule has 2 rings (SSSR count). The molecule has 120 valence electrons. The number of nitrogens with one attached hydrogen (secondary N) is 1. The second-order valence-corrected chi connectivity index (χ2v) is 6.15. The van der Waals surface area contributed by atoms with E-state index in [0.29, 0.717) is 16.0 Å². The molecule has 0 aliphatic heterocycles. The van der Waals surface area contributed by atoms with Crippen LogP contribution in [-0.4, -0.2) is 23.7 Å². The van der Waals surface area contributed by atoms with Crippen LogP contribution in [0.4, 0.5) is 0 Å². The van der Waals surface area contributed by atoms with Gasteiger partial charge in [-0.2, -0.15) is 5.26 Å². The summed E-state index contributed by atoms with van der Waals surface area (Å²) in [4.78, 5) is 12.4. The van der Waals surface area contributed by atoms with Gasteiger partial charge in [-0.15, -0.1) is 11.3 Å². The molecule has 0 saturated heterocycles. The number of thiophene rings is 1. The summed E-state index contributed by atoms with van der Waals surface area (Å²) in [5, 5.41) is 23.4. The van der Waals surface area contributed by atoms with Crippen LogP contribution >= 0.6 is 11.3 Å². The zero-order valence-corrected chi connectivity index (χ0v) is 13.8. The maximum atomic E-state index is 12.0. The van der Waals surface area contributed by atoms with Gasteiger partial charge in [0, 0.05) is 6.54 Å². The molecular weight excluding hydrogens is 312 g/mol. The molecule has 1 aromatic heterocycles. The van der Waals surface area contributed by atoms with Gasteiger partial charge in [0.15, 0.2) is 0 Å². The molecule has 0 bridgehead atoms. The lowest BCUT2D eigenvalue weighted by Gasteiger charge is -2.14. The van der Waals surface area contributed by atoms with Crippen LogP contribution in [-0.2, 0) is 0 Å². The van der Waals surface area contributed by atoms with E-state index in [1.165, 1.54) is 11.3 Å². The highest BCUT2D eigenvalue weighted by Crippen LogP contribution is 2.19. The van der Waals surface area contributed by atoms with E-state index >= 15 is 0 Å². The highest BCUT2D eigenvalue weighted by atomic mass is 32.1. The van der Waals surface area contributed by atoms with Crippen LogP contribution in [0.3, 0.4) is 0 Å². The van der Waals surface area contributed by atoms with Crippen molar-refractivity contribution >= 4 is 17.2 Å². The lowest BCUT2D eigenvalue weighted by Crippen LogP contribution is -2.28. The Morgan fingerprint density at radius 2 is 2.04 bits per heavy atom. The summed E-state index contributed by atoms with van der Waals surface area (Å²) in [7, 11) is 0. The van der Waals surface area contributed by atoms with Crippen LogP contribution in [0.25, 0.3) is 0 Å². The smallest absolute Gasteiger partial charge is 0.262 e. The van der Waals surface area contributed by atoms with Crippen LogP contribution in [0.5, 0.6) is 5.75 Å². The molecule has 1 atom stereocenters. The molecule has 1 aromatic carbocycles. The van der Waals surface area contributed by atoms with Gasteiger partial charge in [0.05, 0.1) is 17.8 Å². The van der Waals surface area contributed by atoms with Crippen molar-refractivity contribution in [2.75, 3.05) is 6.54 Å². The first-order chi connectivity index (χ1) is 11.0. The third-order valence-electron chi connectivity index (χ3n) is 3.08. The molecule has 0 spiro atoms. The lowest BCUT2D eigenvalue weighted by molar-refractivity contribution is 0.0920. The van der Waals surface area contributed by atoms with Gasteiger partial charge in [-0.25, -0.2) is 0 Å². The number of aliphatic hydroxyl groups excluding tert-OH is 1. The number of carbonyl (C=O) groups excluding carboxylic acids is 1. The number of nitriles is 1. The Morgan fingerprint density at radius 1 is 1.35 bits per heavy atom. The number of hydrogen-bond donors (Lipinski definition) is 2. The Kier molecular flexibility index (Phi) is 5.74. The average molecular weight is 330 g/mol. The van der Waals surface area contributed by atoms with Gasteiger partial charge in [-0.1, -0.05) is 12.1 Å². The van der Waals surface area contributed by atoms with Crippen LogP contribution < -0.4 is 10.1 Å². The zero-order valence-electron chi connectivity index (χ0n) is 12.9. The summed E-state index contributed by atoms with van der Waals surface area (Å²) in [5.74, 6) is 0.382. The Morgan fingerprint density at radius 3 is 2.65 bits per heavy atom. The van der Waals surface area contributed by atoms with Crippen molar-refractivity contribution in [3.8, 4) is 11.8 Å². The Bertz CT molecular complexity index is 701. The summed E-state index contributed by atoms with van der Waals surface area (Å²) in [6.45, 7) is 3.96. The summed E-state index contributed by atoms with van der Waals surface area (Å²) in [5.41, 5.74) is 1.03. The second kappa shape index (κ2) is 7.77. The Balaban J connectivity index is 1.93. The van der Waals surface area contributed by atoms with Crippen molar-refractivity contribution in [2.45, 2.75) is 26.1 Å². The van der Waals surface area contributed by atoms with Gasteiger partial charge in [0.2, 0.25) is 0 Å². The fourth-order valence-corrected chi connectivity index (χ4v) is 2.76. The molecule has 0 aliphatic carbocycles. The maximum Gasteiger partial charge on any atom is 0.262 e. The predicted octanol–water partition coefficient (Wildman–Crippen LogP) is 2.87. The SMILES string of the molecule is CC(C)Oc1ccc(C(O)CNC(=O)c2sccc2C#N)cc1. The summed E-state index contributed by atoms with van der Waals surface area (Å²) >= 11 is 1.20. The van der Waals surface area contributed by atoms with Gasteiger partial charge < -0.3 is 15.2 Å². The standard InChI is InChI=1S/C17H18N2O3S/c1-11(2)22-14-5-3-12(4-6-14)15(20)10-19-17(21)16-13(9-18)7-8-23-16/h3-8,11,15,20H,10H2,1-2H3,(H,19,21).